The smallest absolute Gasteiger partial charge is 0.160 e. The number of rotatable bonds is 4. The Bertz CT molecular complexity index is 2830. The van der Waals surface area contributed by atoms with Crippen LogP contribution < -0.4 is 0 Å². The van der Waals surface area contributed by atoms with E-state index in [0.717, 1.165) is 55.7 Å². The zero-order valence-corrected chi connectivity index (χ0v) is 25.8. The van der Waals surface area contributed by atoms with Crippen LogP contribution in [0.25, 0.3) is 94.1 Å². The molecule has 0 radical (unpaired) electrons. The third-order valence-corrected chi connectivity index (χ3v) is 9.42. The summed E-state index contributed by atoms with van der Waals surface area (Å²) >= 11 is 0. The molecule has 0 aliphatic carbocycles. The van der Waals surface area contributed by atoms with Crippen molar-refractivity contribution < 1.29 is 4.42 Å². The molecule has 0 atom stereocenters. The van der Waals surface area contributed by atoms with E-state index < -0.39 is 0 Å². The van der Waals surface area contributed by atoms with Gasteiger partial charge in [-0.15, -0.1) is 0 Å². The van der Waals surface area contributed by atoms with E-state index >= 15 is 0 Å². The van der Waals surface area contributed by atoms with Gasteiger partial charge in [-0.05, 0) is 65.4 Å². The minimum atomic E-state index is 0.666. The maximum atomic E-state index is 6.42. The highest BCUT2D eigenvalue weighted by Crippen LogP contribution is 2.39. The quantitative estimate of drug-likeness (QED) is 0.198. The Kier molecular flexibility index (Phi) is 5.84. The van der Waals surface area contributed by atoms with Gasteiger partial charge in [0.05, 0.1) is 22.4 Å². The number of nitrogens with zero attached hydrogens (tertiary/aromatic N) is 3. The van der Waals surface area contributed by atoms with Crippen LogP contribution in [0, 0.1) is 0 Å². The van der Waals surface area contributed by atoms with Gasteiger partial charge in [-0.3, -0.25) is 0 Å². The van der Waals surface area contributed by atoms with Crippen molar-refractivity contribution in [3.63, 3.8) is 0 Å². The Balaban J connectivity index is 1.15. The van der Waals surface area contributed by atoms with Gasteiger partial charge < -0.3 is 8.98 Å². The Morgan fingerprint density at radius 2 is 1.17 bits per heavy atom. The zero-order valence-electron chi connectivity index (χ0n) is 25.8. The largest absolute Gasteiger partial charge is 0.455 e. The number of hydrogen-bond donors (Lipinski definition) is 0. The van der Waals surface area contributed by atoms with E-state index in [1.165, 1.54) is 32.6 Å². The summed E-state index contributed by atoms with van der Waals surface area (Å²) in [5.41, 5.74) is 9.76. The van der Waals surface area contributed by atoms with Crippen LogP contribution in [0.4, 0.5) is 0 Å². The molecule has 10 rings (SSSR count). The molecule has 0 bridgehead atoms. The lowest BCUT2D eigenvalue weighted by molar-refractivity contribution is 0.670. The maximum Gasteiger partial charge on any atom is 0.160 e. The first-order valence-corrected chi connectivity index (χ1v) is 16.2. The van der Waals surface area contributed by atoms with Crippen LogP contribution in [0.3, 0.4) is 0 Å². The molecule has 0 N–H and O–H groups in total. The number of aromatic nitrogens is 3. The Labute approximate surface area is 276 Å². The maximum absolute atomic E-state index is 6.42. The molecule has 0 fully saturated rings. The summed E-state index contributed by atoms with van der Waals surface area (Å²) in [6.07, 6.45) is 0. The van der Waals surface area contributed by atoms with Crippen LogP contribution in [0.1, 0.15) is 0 Å². The topological polar surface area (TPSA) is 43.9 Å². The van der Waals surface area contributed by atoms with Crippen molar-refractivity contribution in [1.82, 2.24) is 14.5 Å². The summed E-state index contributed by atoms with van der Waals surface area (Å²) < 4.78 is 8.78. The molecule has 10 aromatic rings. The van der Waals surface area contributed by atoms with Crippen LogP contribution in [0.5, 0.6) is 0 Å². The second-order valence-electron chi connectivity index (χ2n) is 12.2. The van der Waals surface area contributed by atoms with E-state index in [2.05, 4.69) is 132 Å². The molecule has 0 spiro atoms. The minimum absolute atomic E-state index is 0.666. The summed E-state index contributed by atoms with van der Waals surface area (Å²) in [7, 11) is 0. The monoisotopic (exact) mass is 613 g/mol. The highest BCUT2D eigenvalue weighted by molar-refractivity contribution is 6.21. The van der Waals surface area contributed by atoms with E-state index in [0.29, 0.717) is 5.82 Å². The summed E-state index contributed by atoms with van der Waals surface area (Å²) in [4.78, 5) is 10.3. The SMILES string of the molecule is c1ccc(-c2cc(-c3cccc4c3oc3ccccc34)nc(-c3ccc(-n4c5ccccc5c5c6ccccc6ccc54)cc3)n2)cc1. The van der Waals surface area contributed by atoms with Crippen molar-refractivity contribution in [1.29, 1.82) is 0 Å². The minimum Gasteiger partial charge on any atom is -0.455 e. The van der Waals surface area contributed by atoms with Crippen LogP contribution in [0.2, 0.25) is 0 Å². The number of benzene rings is 7. The standard InChI is InChI=1S/C44H27N3O/c1-2-12-29(13-3-1)37-27-38(35-18-10-17-34-33-15-7-9-20-41(33)48-43(34)35)46-44(45-37)30-21-24-31(25-22-30)47-39-19-8-6-16-36(39)42-32-14-5-4-11-28(32)23-26-40(42)47/h1-27H. The van der Waals surface area contributed by atoms with Crippen molar-refractivity contribution in [2.75, 3.05) is 0 Å². The second-order valence-corrected chi connectivity index (χ2v) is 12.2. The first kappa shape index (κ1) is 26.7. The average Bonchev–Trinajstić information content (AvgIpc) is 3.71. The Morgan fingerprint density at radius 3 is 2.04 bits per heavy atom. The molecule has 4 nitrogen and oxygen atoms in total. The van der Waals surface area contributed by atoms with Crippen LogP contribution in [-0.2, 0) is 0 Å². The van der Waals surface area contributed by atoms with Gasteiger partial charge in [-0.25, -0.2) is 9.97 Å². The lowest BCUT2D eigenvalue weighted by atomic mass is 10.0. The molecule has 0 aliphatic rings. The molecule has 7 aromatic carbocycles. The second kappa shape index (κ2) is 10.5. The third-order valence-electron chi connectivity index (χ3n) is 9.42. The lowest BCUT2D eigenvalue weighted by Crippen LogP contribution is -1.97. The van der Waals surface area contributed by atoms with Gasteiger partial charge in [-0.1, -0.05) is 109 Å². The highest BCUT2D eigenvalue weighted by Gasteiger charge is 2.18. The fourth-order valence-corrected chi connectivity index (χ4v) is 7.20. The molecule has 0 saturated carbocycles. The first-order chi connectivity index (χ1) is 23.8. The van der Waals surface area contributed by atoms with Gasteiger partial charge >= 0.3 is 0 Å². The lowest BCUT2D eigenvalue weighted by Gasteiger charge is -2.11. The molecule has 3 aromatic heterocycles. The molecule has 0 amide bonds. The van der Waals surface area contributed by atoms with Crippen LogP contribution >= 0.6 is 0 Å². The van der Waals surface area contributed by atoms with Crippen molar-refractivity contribution in [2.45, 2.75) is 0 Å². The third kappa shape index (κ3) is 4.10. The van der Waals surface area contributed by atoms with E-state index in [1.54, 1.807) is 0 Å². The predicted molar refractivity (Wildman–Crippen MR) is 197 cm³/mol. The fourth-order valence-electron chi connectivity index (χ4n) is 7.20. The average molecular weight is 614 g/mol. The van der Waals surface area contributed by atoms with Gasteiger partial charge in [0.15, 0.2) is 5.82 Å². The van der Waals surface area contributed by atoms with Crippen LogP contribution in [-0.4, -0.2) is 14.5 Å². The number of fused-ring (bicyclic) bond motifs is 8. The molecule has 48 heavy (non-hydrogen) atoms. The molecular formula is C44H27N3O. The van der Waals surface area contributed by atoms with E-state index in [4.69, 9.17) is 14.4 Å². The summed E-state index contributed by atoms with van der Waals surface area (Å²) in [5.74, 6) is 0.666. The van der Waals surface area contributed by atoms with Gasteiger partial charge in [0.25, 0.3) is 0 Å². The predicted octanol–water partition coefficient (Wildman–Crippen LogP) is 11.6. The van der Waals surface area contributed by atoms with Gasteiger partial charge in [-0.2, -0.15) is 0 Å². The molecule has 3 heterocycles. The molecule has 4 heteroatoms. The summed E-state index contributed by atoms with van der Waals surface area (Å²) in [5, 5.41) is 7.20. The molecule has 224 valence electrons. The Morgan fingerprint density at radius 1 is 0.458 bits per heavy atom. The number of para-hydroxylation sites is 3. The molecule has 0 aliphatic heterocycles. The van der Waals surface area contributed by atoms with E-state index in [1.807, 2.05) is 36.4 Å². The highest BCUT2D eigenvalue weighted by atomic mass is 16.3. The fraction of sp³-hybridized carbons (Fsp3) is 0. The van der Waals surface area contributed by atoms with Crippen molar-refractivity contribution in [2.24, 2.45) is 0 Å². The summed E-state index contributed by atoms with van der Waals surface area (Å²) in [6.45, 7) is 0. The molecule has 0 saturated heterocycles. The summed E-state index contributed by atoms with van der Waals surface area (Å²) in [6, 6.07) is 57.2. The molecule has 0 unspecified atom stereocenters. The van der Waals surface area contributed by atoms with Crippen molar-refractivity contribution in [3.8, 4) is 39.6 Å². The van der Waals surface area contributed by atoms with Gasteiger partial charge in [0.1, 0.15) is 11.2 Å². The molecular weight excluding hydrogens is 587 g/mol. The van der Waals surface area contributed by atoms with Gasteiger partial charge in [0, 0.05) is 43.9 Å². The first-order valence-electron chi connectivity index (χ1n) is 16.2. The van der Waals surface area contributed by atoms with Gasteiger partial charge in [0.2, 0.25) is 0 Å². The van der Waals surface area contributed by atoms with Crippen molar-refractivity contribution >= 4 is 54.5 Å². The number of furan rings is 1. The normalized spacial score (nSPS) is 11.8. The van der Waals surface area contributed by atoms with E-state index in [9.17, 15) is 0 Å². The van der Waals surface area contributed by atoms with E-state index in [-0.39, 0.29) is 0 Å². The van der Waals surface area contributed by atoms with Crippen molar-refractivity contribution in [3.05, 3.63) is 164 Å². The van der Waals surface area contributed by atoms with Crippen LogP contribution in [0.15, 0.2) is 168 Å². The Hall–Kier alpha value is -6.52. The number of hydrogen-bond acceptors (Lipinski definition) is 3. The zero-order chi connectivity index (χ0) is 31.6.